The number of amides is 1. The molecule has 3 aromatic rings. The molecule has 1 amide bonds. The van der Waals surface area contributed by atoms with Gasteiger partial charge in [-0.2, -0.15) is 8.78 Å². The lowest BCUT2D eigenvalue weighted by atomic mass is 10.0. The molecule has 1 aliphatic rings. The van der Waals surface area contributed by atoms with Crippen molar-refractivity contribution in [3.05, 3.63) is 58.9 Å². The SMILES string of the molecule is CC(C)Oc1ccc([C@H](O)[C@@H](CN2CCCC2)NC(=O)C(F)(F)c2cc3cc(Cl)ccc3o2)cn1. The molecule has 4 rings (SSSR count). The molecular formula is C25H28ClF2N3O4. The van der Waals surface area contributed by atoms with Crippen LogP contribution in [-0.2, 0) is 10.7 Å². The van der Waals surface area contributed by atoms with E-state index < -0.39 is 29.7 Å². The Hall–Kier alpha value is -2.75. The van der Waals surface area contributed by atoms with Crippen LogP contribution < -0.4 is 10.1 Å². The Labute approximate surface area is 207 Å². The summed E-state index contributed by atoms with van der Waals surface area (Å²) in [6.45, 7) is 5.47. The monoisotopic (exact) mass is 507 g/mol. The molecule has 35 heavy (non-hydrogen) atoms. The van der Waals surface area contributed by atoms with Crippen LogP contribution in [0.3, 0.4) is 0 Å². The average molecular weight is 508 g/mol. The first kappa shape index (κ1) is 25.3. The van der Waals surface area contributed by atoms with Crippen LogP contribution in [0.1, 0.15) is 44.1 Å². The average Bonchev–Trinajstić information content (AvgIpc) is 3.48. The van der Waals surface area contributed by atoms with Gasteiger partial charge in [0.2, 0.25) is 5.88 Å². The van der Waals surface area contributed by atoms with Crippen molar-refractivity contribution in [3.8, 4) is 5.88 Å². The van der Waals surface area contributed by atoms with Crippen LogP contribution in [0.4, 0.5) is 8.78 Å². The van der Waals surface area contributed by atoms with Gasteiger partial charge in [0, 0.05) is 34.8 Å². The van der Waals surface area contributed by atoms with Gasteiger partial charge in [0.1, 0.15) is 11.7 Å². The maximum atomic E-state index is 15.1. The van der Waals surface area contributed by atoms with Crippen molar-refractivity contribution in [1.29, 1.82) is 0 Å². The number of likely N-dealkylation sites (tertiary alicyclic amines) is 1. The number of pyridine rings is 1. The van der Waals surface area contributed by atoms with E-state index in [4.69, 9.17) is 20.8 Å². The van der Waals surface area contributed by atoms with Gasteiger partial charge in [-0.15, -0.1) is 0 Å². The van der Waals surface area contributed by atoms with Crippen LogP contribution >= 0.6 is 11.6 Å². The first-order valence-electron chi connectivity index (χ1n) is 11.5. The largest absolute Gasteiger partial charge is 0.475 e. The van der Waals surface area contributed by atoms with Gasteiger partial charge in [-0.05, 0) is 70.1 Å². The second-order valence-corrected chi connectivity index (χ2v) is 9.43. The molecule has 2 aromatic heterocycles. The third kappa shape index (κ3) is 5.91. The summed E-state index contributed by atoms with van der Waals surface area (Å²) in [6, 6.07) is 7.78. The van der Waals surface area contributed by atoms with E-state index >= 15 is 8.78 Å². The normalized spacial score (nSPS) is 16.5. The number of alkyl halides is 2. The number of ether oxygens (including phenoxy) is 1. The van der Waals surface area contributed by atoms with Crippen molar-refractivity contribution in [3.63, 3.8) is 0 Å². The first-order chi connectivity index (χ1) is 16.6. The Morgan fingerprint density at radius 2 is 2.00 bits per heavy atom. The fourth-order valence-corrected chi connectivity index (χ4v) is 4.30. The van der Waals surface area contributed by atoms with Gasteiger partial charge in [-0.1, -0.05) is 11.6 Å². The summed E-state index contributed by atoms with van der Waals surface area (Å²) in [5.74, 6) is -5.92. The molecule has 0 aliphatic carbocycles. The number of halogens is 3. The molecule has 2 N–H and O–H groups in total. The number of carbonyl (C=O) groups excluding carboxylic acids is 1. The van der Waals surface area contributed by atoms with Crippen LogP contribution in [0, 0.1) is 0 Å². The van der Waals surface area contributed by atoms with Crippen molar-refractivity contribution in [1.82, 2.24) is 15.2 Å². The Balaban J connectivity index is 1.55. The van der Waals surface area contributed by atoms with E-state index in [0.29, 0.717) is 21.9 Å². The van der Waals surface area contributed by atoms with Gasteiger partial charge in [0.05, 0.1) is 12.1 Å². The second kappa shape index (κ2) is 10.5. The number of hydrogen-bond donors (Lipinski definition) is 2. The summed E-state index contributed by atoms with van der Waals surface area (Å²) >= 11 is 5.93. The lowest BCUT2D eigenvalue weighted by molar-refractivity contribution is -0.151. The van der Waals surface area contributed by atoms with Crippen LogP contribution in [0.15, 0.2) is 47.0 Å². The standard InChI is InChI=1S/C25H28ClF2N3O4/c1-15(2)34-22-8-5-16(13-29-22)23(32)19(14-31-9-3-4-10-31)30-24(33)25(27,28)21-12-17-11-18(26)6-7-20(17)35-21/h5-8,11-13,15,19,23,32H,3-4,9-10,14H2,1-2H3,(H,30,33)/t19-,23+/m1/s1. The van der Waals surface area contributed by atoms with Crippen molar-refractivity contribution in [2.45, 2.75) is 50.9 Å². The van der Waals surface area contributed by atoms with Crippen molar-refractivity contribution < 1.29 is 27.8 Å². The zero-order chi connectivity index (χ0) is 25.2. The van der Waals surface area contributed by atoms with Crippen LogP contribution in [0.2, 0.25) is 5.02 Å². The Bertz CT molecular complexity index is 1160. The number of furan rings is 1. The topological polar surface area (TPSA) is 87.8 Å². The number of nitrogens with one attached hydrogen (secondary N) is 1. The molecule has 1 fully saturated rings. The van der Waals surface area contributed by atoms with Gasteiger partial charge in [-0.25, -0.2) is 4.98 Å². The molecule has 0 bridgehead atoms. The van der Waals surface area contributed by atoms with E-state index in [1.807, 2.05) is 18.7 Å². The molecule has 1 aromatic carbocycles. The molecular weight excluding hydrogens is 480 g/mol. The number of nitrogens with zero attached hydrogens (tertiary/aromatic N) is 2. The minimum atomic E-state index is -3.96. The van der Waals surface area contributed by atoms with Crippen molar-refractivity contribution in [2.24, 2.45) is 0 Å². The number of carbonyl (C=O) groups is 1. The van der Waals surface area contributed by atoms with E-state index in [-0.39, 0.29) is 18.2 Å². The summed E-state index contributed by atoms with van der Waals surface area (Å²) in [5.41, 5.74) is 0.576. The summed E-state index contributed by atoms with van der Waals surface area (Å²) in [5, 5.41) is 14.1. The fraction of sp³-hybridized carbons (Fsp3) is 0.440. The molecule has 0 unspecified atom stereocenters. The van der Waals surface area contributed by atoms with E-state index in [0.717, 1.165) is 32.0 Å². The van der Waals surface area contributed by atoms with E-state index in [2.05, 4.69) is 10.3 Å². The molecule has 188 valence electrons. The van der Waals surface area contributed by atoms with Crippen LogP contribution in [0.25, 0.3) is 11.0 Å². The van der Waals surface area contributed by atoms with E-state index in [1.54, 1.807) is 12.1 Å². The third-order valence-corrected chi connectivity index (χ3v) is 6.12. The summed E-state index contributed by atoms with van der Waals surface area (Å²) in [4.78, 5) is 19.0. The van der Waals surface area contributed by atoms with Crippen LogP contribution in [-0.4, -0.2) is 52.7 Å². The van der Waals surface area contributed by atoms with E-state index in [9.17, 15) is 9.90 Å². The van der Waals surface area contributed by atoms with Gasteiger partial charge >= 0.3 is 5.92 Å². The zero-order valence-electron chi connectivity index (χ0n) is 19.5. The molecule has 0 spiro atoms. The maximum absolute atomic E-state index is 15.1. The maximum Gasteiger partial charge on any atom is 0.380 e. The highest BCUT2D eigenvalue weighted by atomic mass is 35.5. The molecule has 1 aliphatic heterocycles. The Morgan fingerprint density at radius 3 is 2.66 bits per heavy atom. The summed E-state index contributed by atoms with van der Waals surface area (Å²) in [6.07, 6.45) is 2.03. The van der Waals surface area contributed by atoms with Crippen molar-refractivity contribution >= 4 is 28.5 Å². The molecule has 10 heteroatoms. The fourth-order valence-electron chi connectivity index (χ4n) is 4.12. The Morgan fingerprint density at radius 1 is 1.26 bits per heavy atom. The quantitative estimate of drug-likeness (QED) is 0.437. The Kier molecular flexibility index (Phi) is 7.59. The van der Waals surface area contributed by atoms with Crippen molar-refractivity contribution in [2.75, 3.05) is 19.6 Å². The highest BCUT2D eigenvalue weighted by Crippen LogP contribution is 2.34. The molecule has 1 saturated heterocycles. The summed E-state index contributed by atoms with van der Waals surface area (Å²) < 4.78 is 41.0. The second-order valence-electron chi connectivity index (χ2n) is 9.00. The minimum Gasteiger partial charge on any atom is -0.475 e. The van der Waals surface area contributed by atoms with Gasteiger partial charge in [-0.3, -0.25) is 4.79 Å². The van der Waals surface area contributed by atoms with Gasteiger partial charge < -0.3 is 24.5 Å². The molecule has 0 saturated carbocycles. The number of aliphatic hydroxyl groups is 1. The van der Waals surface area contributed by atoms with Crippen LogP contribution in [0.5, 0.6) is 5.88 Å². The molecule has 2 atom stereocenters. The highest BCUT2D eigenvalue weighted by Gasteiger charge is 2.46. The van der Waals surface area contributed by atoms with Gasteiger partial charge in [0.25, 0.3) is 5.91 Å². The number of rotatable bonds is 9. The zero-order valence-corrected chi connectivity index (χ0v) is 20.3. The number of aromatic nitrogens is 1. The molecule has 0 radical (unpaired) electrons. The molecule has 7 nitrogen and oxygen atoms in total. The van der Waals surface area contributed by atoms with Gasteiger partial charge in [0.15, 0.2) is 5.76 Å². The van der Waals surface area contributed by atoms with E-state index in [1.165, 1.54) is 24.4 Å². The molecule has 3 heterocycles. The number of fused-ring (bicyclic) bond motifs is 1. The summed E-state index contributed by atoms with van der Waals surface area (Å²) in [7, 11) is 0. The highest BCUT2D eigenvalue weighted by molar-refractivity contribution is 6.31. The number of hydrogen-bond acceptors (Lipinski definition) is 6. The lowest BCUT2D eigenvalue weighted by Gasteiger charge is -2.29. The number of benzene rings is 1. The smallest absolute Gasteiger partial charge is 0.380 e. The third-order valence-electron chi connectivity index (χ3n) is 5.88. The lowest BCUT2D eigenvalue weighted by Crippen LogP contribution is -2.50. The minimum absolute atomic E-state index is 0.0722. The first-order valence-corrected chi connectivity index (χ1v) is 11.9. The predicted molar refractivity (Wildman–Crippen MR) is 128 cm³/mol. The predicted octanol–water partition coefficient (Wildman–Crippen LogP) is 4.67. The number of aliphatic hydroxyl groups excluding tert-OH is 1.